The Morgan fingerprint density at radius 2 is 1.91 bits per heavy atom. The molecule has 1 aliphatic rings. The van der Waals surface area contributed by atoms with Gasteiger partial charge in [-0.15, -0.1) is 11.3 Å². The van der Waals surface area contributed by atoms with Gasteiger partial charge in [-0.25, -0.2) is 4.79 Å². The standard InChI is InChI=1S/C24H21N3O4S/c1-2-30-24(29)27-13-12-17-19(14-25)23(32-21(17)15-27)26-22(28)18-10-6-7-11-20(18)31-16-8-4-3-5-9-16/h3-11H,2,12-13,15H2,1H3,(H,26,28). The number of benzene rings is 2. The van der Waals surface area contributed by atoms with E-state index < -0.39 is 0 Å². The van der Waals surface area contributed by atoms with Crippen molar-refractivity contribution in [3.63, 3.8) is 0 Å². The lowest BCUT2D eigenvalue weighted by Crippen LogP contribution is -2.35. The van der Waals surface area contributed by atoms with Crippen molar-refractivity contribution < 1.29 is 19.1 Å². The predicted molar refractivity (Wildman–Crippen MR) is 121 cm³/mol. The zero-order chi connectivity index (χ0) is 22.5. The van der Waals surface area contributed by atoms with E-state index in [9.17, 15) is 14.9 Å². The number of para-hydroxylation sites is 2. The SMILES string of the molecule is CCOC(=O)N1CCc2c(sc(NC(=O)c3ccccc3Oc3ccccc3)c2C#N)C1. The molecule has 0 aliphatic carbocycles. The molecule has 1 aromatic heterocycles. The van der Waals surface area contributed by atoms with Crippen molar-refractivity contribution in [1.82, 2.24) is 4.90 Å². The third kappa shape index (κ3) is 4.43. The maximum atomic E-state index is 13.1. The topological polar surface area (TPSA) is 91.7 Å². The van der Waals surface area contributed by atoms with Crippen molar-refractivity contribution in [2.75, 3.05) is 18.5 Å². The predicted octanol–water partition coefficient (Wildman–Crippen LogP) is 5.18. The number of hydrogen-bond donors (Lipinski definition) is 1. The Hall–Kier alpha value is -3.83. The second-order valence-corrected chi connectivity index (χ2v) is 8.16. The highest BCUT2D eigenvalue weighted by molar-refractivity contribution is 7.16. The van der Waals surface area contributed by atoms with Crippen LogP contribution in [0.1, 0.15) is 33.3 Å². The molecule has 0 radical (unpaired) electrons. The van der Waals surface area contributed by atoms with Crippen molar-refractivity contribution >= 4 is 28.3 Å². The molecule has 0 bridgehead atoms. The molecule has 2 amide bonds. The lowest BCUT2D eigenvalue weighted by molar-refractivity contribution is 0.102. The van der Waals surface area contributed by atoms with E-state index in [2.05, 4.69) is 11.4 Å². The van der Waals surface area contributed by atoms with Gasteiger partial charge in [-0.05, 0) is 43.2 Å². The second-order valence-electron chi connectivity index (χ2n) is 7.06. The molecule has 3 aromatic rings. The number of thiophene rings is 1. The summed E-state index contributed by atoms with van der Waals surface area (Å²) in [5.41, 5.74) is 1.69. The van der Waals surface area contributed by atoms with Crippen molar-refractivity contribution in [2.45, 2.75) is 19.9 Å². The van der Waals surface area contributed by atoms with Crippen LogP contribution in [-0.4, -0.2) is 30.1 Å². The molecule has 2 aromatic carbocycles. The molecule has 0 fully saturated rings. The molecule has 1 aliphatic heterocycles. The normalized spacial score (nSPS) is 12.4. The van der Waals surface area contributed by atoms with E-state index >= 15 is 0 Å². The molecule has 0 unspecified atom stereocenters. The summed E-state index contributed by atoms with van der Waals surface area (Å²) in [6, 6.07) is 18.4. The number of carbonyl (C=O) groups is 2. The van der Waals surface area contributed by atoms with Crippen LogP contribution in [0.3, 0.4) is 0 Å². The van der Waals surface area contributed by atoms with E-state index in [1.807, 2.05) is 30.3 Å². The van der Waals surface area contributed by atoms with Gasteiger partial charge in [-0.2, -0.15) is 5.26 Å². The first-order valence-corrected chi connectivity index (χ1v) is 11.0. The zero-order valence-electron chi connectivity index (χ0n) is 17.5. The number of carbonyl (C=O) groups excluding carboxylic acids is 2. The number of rotatable bonds is 5. The quantitative estimate of drug-likeness (QED) is 0.582. The largest absolute Gasteiger partial charge is 0.457 e. The van der Waals surface area contributed by atoms with Crippen LogP contribution >= 0.6 is 11.3 Å². The van der Waals surface area contributed by atoms with Crippen molar-refractivity contribution in [1.29, 1.82) is 5.26 Å². The van der Waals surface area contributed by atoms with Crippen LogP contribution in [0.15, 0.2) is 54.6 Å². The molecule has 0 spiro atoms. The molecule has 0 saturated heterocycles. The summed E-state index contributed by atoms with van der Waals surface area (Å²) in [5.74, 6) is 0.675. The summed E-state index contributed by atoms with van der Waals surface area (Å²) in [5, 5.41) is 13.1. The lowest BCUT2D eigenvalue weighted by Gasteiger charge is -2.25. The van der Waals surface area contributed by atoms with Gasteiger partial charge in [0.1, 0.15) is 22.6 Å². The summed E-state index contributed by atoms with van der Waals surface area (Å²) >= 11 is 1.31. The Kier molecular flexibility index (Phi) is 6.38. The third-order valence-electron chi connectivity index (χ3n) is 5.02. The van der Waals surface area contributed by atoms with Gasteiger partial charge in [0, 0.05) is 11.4 Å². The Morgan fingerprint density at radius 3 is 2.66 bits per heavy atom. The van der Waals surface area contributed by atoms with Gasteiger partial charge in [0.15, 0.2) is 0 Å². The highest BCUT2D eigenvalue weighted by atomic mass is 32.1. The first-order valence-electron chi connectivity index (χ1n) is 10.2. The highest BCUT2D eigenvalue weighted by Gasteiger charge is 2.28. The van der Waals surface area contributed by atoms with Crippen LogP contribution in [0.2, 0.25) is 0 Å². The second kappa shape index (κ2) is 9.54. The minimum Gasteiger partial charge on any atom is -0.457 e. The summed E-state index contributed by atoms with van der Waals surface area (Å²) in [4.78, 5) is 27.7. The van der Waals surface area contributed by atoms with Gasteiger partial charge < -0.3 is 19.7 Å². The summed E-state index contributed by atoms with van der Waals surface area (Å²) in [6.07, 6.45) is 0.166. The van der Waals surface area contributed by atoms with Crippen LogP contribution < -0.4 is 10.1 Å². The fourth-order valence-corrected chi connectivity index (χ4v) is 4.72. The van der Waals surface area contributed by atoms with E-state index in [-0.39, 0.29) is 12.0 Å². The van der Waals surface area contributed by atoms with Gasteiger partial charge in [0.2, 0.25) is 0 Å². The highest BCUT2D eigenvalue weighted by Crippen LogP contribution is 2.37. The summed E-state index contributed by atoms with van der Waals surface area (Å²) < 4.78 is 11.0. The Bertz CT molecular complexity index is 1180. The van der Waals surface area contributed by atoms with E-state index in [1.54, 1.807) is 36.1 Å². The van der Waals surface area contributed by atoms with Gasteiger partial charge in [0.05, 0.1) is 24.3 Å². The maximum absolute atomic E-state index is 13.1. The monoisotopic (exact) mass is 447 g/mol. The number of nitriles is 1. The van der Waals surface area contributed by atoms with Crippen LogP contribution in [0.25, 0.3) is 0 Å². The van der Waals surface area contributed by atoms with Gasteiger partial charge in [-0.3, -0.25) is 4.79 Å². The smallest absolute Gasteiger partial charge is 0.410 e. The fourth-order valence-electron chi connectivity index (χ4n) is 3.51. The van der Waals surface area contributed by atoms with Crippen LogP contribution in [0.4, 0.5) is 9.80 Å². The number of anilines is 1. The number of amides is 2. The first-order chi connectivity index (χ1) is 15.6. The average molecular weight is 448 g/mol. The number of ether oxygens (including phenoxy) is 2. The number of nitrogens with one attached hydrogen (secondary N) is 1. The third-order valence-corrected chi connectivity index (χ3v) is 6.16. The zero-order valence-corrected chi connectivity index (χ0v) is 18.3. The molecule has 7 nitrogen and oxygen atoms in total. The van der Waals surface area contributed by atoms with E-state index in [0.29, 0.717) is 53.7 Å². The minimum absolute atomic E-state index is 0.307. The molecule has 0 atom stereocenters. The maximum Gasteiger partial charge on any atom is 0.410 e. The van der Waals surface area contributed by atoms with Crippen molar-refractivity contribution in [2.24, 2.45) is 0 Å². The lowest BCUT2D eigenvalue weighted by atomic mass is 10.0. The first kappa shape index (κ1) is 21.4. The Morgan fingerprint density at radius 1 is 1.16 bits per heavy atom. The molecule has 4 rings (SSSR count). The number of hydrogen-bond acceptors (Lipinski definition) is 6. The molecule has 1 N–H and O–H groups in total. The molecule has 32 heavy (non-hydrogen) atoms. The number of fused-ring (bicyclic) bond motifs is 1. The van der Waals surface area contributed by atoms with Gasteiger partial charge in [-0.1, -0.05) is 30.3 Å². The molecular weight excluding hydrogens is 426 g/mol. The van der Waals surface area contributed by atoms with Crippen LogP contribution in [-0.2, 0) is 17.7 Å². The Balaban J connectivity index is 1.56. The molecule has 0 saturated carbocycles. The van der Waals surface area contributed by atoms with Crippen molar-refractivity contribution in [3.8, 4) is 17.6 Å². The average Bonchev–Trinajstić information content (AvgIpc) is 3.16. The summed E-state index contributed by atoms with van der Waals surface area (Å²) in [6.45, 7) is 2.90. The summed E-state index contributed by atoms with van der Waals surface area (Å²) in [7, 11) is 0. The molecule has 8 heteroatoms. The van der Waals surface area contributed by atoms with E-state index in [1.165, 1.54) is 11.3 Å². The molecule has 162 valence electrons. The minimum atomic E-state index is -0.373. The fraction of sp³-hybridized carbons (Fsp3) is 0.208. The number of nitrogens with zero attached hydrogens (tertiary/aromatic N) is 2. The molecule has 2 heterocycles. The molecular formula is C24H21N3O4S. The van der Waals surface area contributed by atoms with Gasteiger partial charge >= 0.3 is 6.09 Å². The van der Waals surface area contributed by atoms with Crippen molar-refractivity contribution in [3.05, 3.63) is 76.2 Å². The Labute approximate surface area is 189 Å². The van der Waals surface area contributed by atoms with Crippen LogP contribution in [0.5, 0.6) is 11.5 Å². The van der Waals surface area contributed by atoms with Gasteiger partial charge in [0.25, 0.3) is 5.91 Å². The van der Waals surface area contributed by atoms with E-state index in [4.69, 9.17) is 9.47 Å². The van der Waals surface area contributed by atoms with E-state index in [0.717, 1.165) is 10.4 Å². The van der Waals surface area contributed by atoms with Crippen LogP contribution in [0, 0.1) is 11.3 Å².